The maximum Gasteiger partial charge on any atom is 0.128 e. The molecule has 1 aliphatic rings. The molecule has 1 aliphatic heterocycles. The highest BCUT2D eigenvalue weighted by molar-refractivity contribution is 5.23. The van der Waals surface area contributed by atoms with Gasteiger partial charge in [0.2, 0.25) is 0 Å². The van der Waals surface area contributed by atoms with Gasteiger partial charge < -0.3 is 5.32 Å². The highest BCUT2D eigenvalue weighted by atomic mass is 19.1. The van der Waals surface area contributed by atoms with Crippen LogP contribution in [0, 0.1) is 11.6 Å². The van der Waals surface area contributed by atoms with Crippen LogP contribution in [0.15, 0.2) is 18.2 Å². The number of hydrogen-bond acceptors (Lipinski definition) is 3. The number of hydrogen-bond donors (Lipinski definition) is 1. The summed E-state index contributed by atoms with van der Waals surface area (Å²) in [6.07, 6.45) is 0. The van der Waals surface area contributed by atoms with Crippen LogP contribution in [0.3, 0.4) is 0 Å². The van der Waals surface area contributed by atoms with E-state index in [1.807, 2.05) is 0 Å². The lowest BCUT2D eigenvalue weighted by molar-refractivity contribution is 0.136. The van der Waals surface area contributed by atoms with Crippen molar-refractivity contribution < 1.29 is 8.78 Å². The van der Waals surface area contributed by atoms with Crippen LogP contribution in [-0.4, -0.2) is 55.6 Å². The molecule has 1 atom stereocenters. The molecule has 1 saturated heterocycles. The van der Waals surface area contributed by atoms with Crippen molar-refractivity contribution in [3.05, 3.63) is 35.4 Å². The molecule has 0 amide bonds. The zero-order valence-electron chi connectivity index (χ0n) is 12.9. The Kier molecular flexibility index (Phi) is 6.08. The average molecular weight is 297 g/mol. The molecule has 3 nitrogen and oxygen atoms in total. The summed E-state index contributed by atoms with van der Waals surface area (Å²) < 4.78 is 27.7. The molecule has 0 spiro atoms. The molecule has 0 aliphatic carbocycles. The largest absolute Gasteiger partial charge is 0.314 e. The third-order valence-electron chi connectivity index (χ3n) is 4.21. The molecular formula is C16H25F2N3. The minimum absolute atomic E-state index is 0.103. The summed E-state index contributed by atoms with van der Waals surface area (Å²) in [5.74, 6) is -0.688. The number of nitrogens with zero attached hydrogens (tertiary/aromatic N) is 2. The van der Waals surface area contributed by atoms with Crippen LogP contribution < -0.4 is 5.32 Å². The highest BCUT2D eigenvalue weighted by Crippen LogP contribution is 2.25. The van der Waals surface area contributed by atoms with Crippen molar-refractivity contribution in [2.75, 3.05) is 45.8 Å². The topological polar surface area (TPSA) is 18.5 Å². The van der Waals surface area contributed by atoms with E-state index >= 15 is 0 Å². The molecule has 1 unspecified atom stereocenters. The van der Waals surface area contributed by atoms with Crippen molar-refractivity contribution in [3.63, 3.8) is 0 Å². The summed E-state index contributed by atoms with van der Waals surface area (Å²) >= 11 is 0. The zero-order chi connectivity index (χ0) is 15.2. The Morgan fingerprint density at radius 3 is 2.48 bits per heavy atom. The minimum Gasteiger partial charge on any atom is -0.314 e. The Morgan fingerprint density at radius 1 is 1.19 bits per heavy atom. The van der Waals surface area contributed by atoms with Crippen molar-refractivity contribution in [2.45, 2.75) is 19.9 Å². The number of likely N-dealkylation sites (N-methyl/N-ethyl adjacent to an activating group) is 1. The number of rotatable bonds is 6. The maximum atomic E-state index is 14.2. The summed E-state index contributed by atoms with van der Waals surface area (Å²) in [6, 6.07) is 3.66. The molecule has 0 radical (unpaired) electrons. The van der Waals surface area contributed by atoms with Gasteiger partial charge in [0.25, 0.3) is 0 Å². The van der Waals surface area contributed by atoms with Gasteiger partial charge in [-0.25, -0.2) is 8.78 Å². The van der Waals surface area contributed by atoms with Gasteiger partial charge in [-0.15, -0.1) is 0 Å². The second-order valence-corrected chi connectivity index (χ2v) is 5.45. The molecule has 0 aromatic heterocycles. The van der Waals surface area contributed by atoms with Crippen LogP contribution in [0.1, 0.15) is 25.5 Å². The van der Waals surface area contributed by atoms with Gasteiger partial charge in [0.15, 0.2) is 0 Å². The fourth-order valence-corrected chi connectivity index (χ4v) is 2.98. The summed E-state index contributed by atoms with van der Waals surface area (Å²) in [6.45, 7) is 10.3. The zero-order valence-corrected chi connectivity index (χ0v) is 12.9. The van der Waals surface area contributed by atoms with Gasteiger partial charge in [-0.05, 0) is 31.3 Å². The Labute approximate surface area is 125 Å². The maximum absolute atomic E-state index is 14.2. The summed E-state index contributed by atoms with van der Waals surface area (Å²) in [5, 5.41) is 3.32. The molecule has 1 aromatic rings. The molecule has 1 N–H and O–H groups in total. The summed E-state index contributed by atoms with van der Waals surface area (Å²) in [5.41, 5.74) is 0.470. The van der Waals surface area contributed by atoms with E-state index in [1.165, 1.54) is 18.2 Å². The third kappa shape index (κ3) is 4.22. The SMILES string of the molecule is CCN(CC)C(CN1CCNCC1)c1cc(F)ccc1F. The van der Waals surface area contributed by atoms with E-state index in [-0.39, 0.29) is 17.7 Å². The standard InChI is InChI=1S/C16H25F2N3/c1-3-21(4-2)16(12-20-9-7-19-8-10-20)14-11-13(17)5-6-15(14)18/h5-6,11,16,19H,3-4,7-10,12H2,1-2H3. The Bertz CT molecular complexity index is 443. The number of benzene rings is 1. The monoisotopic (exact) mass is 297 g/mol. The van der Waals surface area contributed by atoms with E-state index in [9.17, 15) is 8.78 Å². The smallest absolute Gasteiger partial charge is 0.128 e. The Morgan fingerprint density at radius 2 is 1.86 bits per heavy atom. The van der Waals surface area contributed by atoms with Gasteiger partial charge in [0.05, 0.1) is 6.04 Å². The molecule has 21 heavy (non-hydrogen) atoms. The van der Waals surface area contributed by atoms with E-state index < -0.39 is 0 Å². The van der Waals surface area contributed by atoms with Crippen molar-refractivity contribution >= 4 is 0 Å². The first kappa shape index (κ1) is 16.3. The predicted octanol–water partition coefficient (Wildman–Crippen LogP) is 2.25. The van der Waals surface area contributed by atoms with Gasteiger partial charge in [-0.3, -0.25) is 9.80 Å². The molecule has 2 rings (SSSR count). The normalized spacial score (nSPS) is 18.1. The molecule has 0 saturated carbocycles. The molecule has 5 heteroatoms. The molecule has 1 fully saturated rings. The second kappa shape index (κ2) is 7.82. The molecule has 0 bridgehead atoms. The first-order chi connectivity index (χ1) is 10.2. The lowest BCUT2D eigenvalue weighted by atomic mass is 10.0. The first-order valence-electron chi connectivity index (χ1n) is 7.77. The third-order valence-corrected chi connectivity index (χ3v) is 4.21. The van der Waals surface area contributed by atoms with Crippen LogP contribution in [0.4, 0.5) is 8.78 Å². The van der Waals surface area contributed by atoms with Crippen LogP contribution in [0.5, 0.6) is 0 Å². The average Bonchev–Trinajstić information content (AvgIpc) is 2.51. The van der Waals surface area contributed by atoms with Crippen LogP contribution >= 0.6 is 0 Å². The lowest BCUT2D eigenvalue weighted by Crippen LogP contribution is -2.47. The Balaban J connectivity index is 2.23. The van der Waals surface area contributed by atoms with Gasteiger partial charge in [0, 0.05) is 38.3 Å². The van der Waals surface area contributed by atoms with Crippen LogP contribution in [0.2, 0.25) is 0 Å². The fourth-order valence-electron chi connectivity index (χ4n) is 2.98. The first-order valence-corrected chi connectivity index (χ1v) is 7.77. The highest BCUT2D eigenvalue weighted by Gasteiger charge is 2.25. The summed E-state index contributed by atoms with van der Waals surface area (Å²) in [4.78, 5) is 4.52. The lowest BCUT2D eigenvalue weighted by Gasteiger charge is -2.36. The van der Waals surface area contributed by atoms with Gasteiger partial charge >= 0.3 is 0 Å². The fraction of sp³-hybridized carbons (Fsp3) is 0.625. The number of piperazine rings is 1. The van der Waals surface area contributed by atoms with E-state index in [0.29, 0.717) is 5.56 Å². The van der Waals surface area contributed by atoms with Crippen molar-refractivity contribution in [3.8, 4) is 0 Å². The van der Waals surface area contributed by atoms with Crippen molar-refractivity contribution in [2.24, 2.45) is 0 Å². The van der Waals surface area contributed by atoms with Gasteiger partial charge in [0.1, 0.15) is 11.6 Å². The molecule has 118 valence electrons. The van der Waals surface area contributed by atoms with Crippen molar-refractivity contribution in [1.29, 1.82) is 0 Å². The van der Waals surface area contributed by atoms with Gasteiger partial charge in [-0.1, -0.05) is 13.8 Å². The Hall–Kier alpha value is -1.04. The molecule has 1 heterocycles. The van der Waals surface area contributed by atoms with E-state index in [2.05, 4.69) is 29.0 Å². The van der Waals surface area contributed by atoms with E-state index in [0.717, 1.165) is 45.8 Å². The molecule has 1 aromatic carbocycles. The van der Waals surface area contributed by atoms with E-state index in [1.54, 1.807) is 0 Å². The predicted molar refractivity (Wildman–Crippen MR) is 81.3 cm³/mol. The quantitative estimate of drug-likeness (QED) is 0.869. The number of halogens is 2. The van der Waals surface area contributed by atoms with Crippen molar-refractivity contribution in [1.82, 2.24) is 15.1 Å². The van der Waals surface area contributed by atoms with Crippen LogP contribution in [0.25, 0.3) is 0 Å². The van der Waals surface area contributed by atoms with Gasteiger partial charge in [-0.2, -0.15) is 0 Å². The summed E-state index contributed by atoms with van der Waals surface area (Å²) in [7, 11) is 0. The van der Waals surface area contributed by atoms with E-state index in [4.69, 9.17) is 0 Å². The number of nitrogens with one attached hydrogen (secondary N) is 1. The van der Waals surface area contributed by atoms with Crippen LogP contribution in [-0.2, 0) is 0 Å². The molecular weight excluding hydrogens is 272 g/mol. The minimum atomic E-state index is -0.371. The second-order valence-electron chi connectivity index (χ2n) is 5.45.